The SMILES string of the molecule is CC(C(=O)O)N1CCC(NC(=O)Cc2c(Cl)cccc2Cl)(C(=O)O)CC1. The first-order chi connectivity index (χ1) is 12.2. The molecule has 1 heterocycles. The highest BCUT2D eigenvalue weighted by molar-refractivity contribution is 6.36. The van der Waals surface area contributed by atoms with Crippen molar-refractivity contribution in [3.63, 3.8) is 0 Å². The van der Waals surface area contributed by atoms with E-state index in [1.54, 1.807) is 30.0 Å². The lowest BCUT2D eigenvalue weighted by Crippen LogP contribution is -2.61. The van der Waals surface area contributed by atoms with Gasteiger partial charge in [0.2, 0.25) is 5.91 Å². The Morgan fingerprint density at radius 3 is 2.19 bits per heavy atom. The highest BCUT2D eigenvalue weighted by atomic mass is 35.5. The van der Waals surface area contributed by atoms with Gasteiger partial charge in [-0.25, -0.2) is 4.79 Å². The molecule has 26 heavy (non-hydrogen) atoms. The minimum absolute atomic E-state index is 0.113. The van der Waals surface area contributed by atoms with Crippen LogP contribution in [-0.4, -0.2) is 57.6 Å². The predicted octanol–water partition coefficient (Wildman–Crippen LogP) is 2.04. The smallest absolute Gasteiger partial charge is 0.329 e. The lowest BCUT2D eigenvalue weighted by molar-refractivity contribution is -0.151. The first-order valence-electron chi connectivity index (χ1n) is 8.10. The molecule has 3 N–H and O–H groups in total. The van der Waals surface area contributed by atoms with E-state index < -0.39 is 29.4 Å². The molecule has 142 valence electrons. The van der Waals surface area contributed by atoms with Gasteiger partial charge in [0, 0.05) is 23.1 Å². The van der Waals surface area contributed by atoms with Crippen molar-refractivity contribution >= 4 is 41.0 Å². The number of benzene rings is 1. The van der Waals surface area contributed by atoms with Crippen LogP contribution in [0.4, 0.5) is 0 Å². The second-order valence-corrected chi connectivity index (χ2v) is 7.18. The molecule has 1 aromatic rings. The minimum atomic E-state index is -1.43. The molecule has 0 radical (unpaired) electrons. The van der Waals surface area contributed by atoms with Crippen LogP contribution in [-0.2, 0) is 20.8 Å². The van der Waals surface area contributed by atoms with Crippen molar-refractivity contribution < 1.29 is 24.6 Å². The van der Waals surface area contributed by atoms with Gasteiger partial charge in [-0.15, -0.1) is 0 Å². The van der Waals surface area contributed by atoms with Gasteiger partial charge < -0.3 is 15.5 Å². The Morgan fingerprint density at radius 1 is 1.19 bits per heavy atom. The van der Waals surface area contributed by atoms with Crippen molar-refractivity contribution in [3.8, 4) is 0 Å². The van der Waals surface area contributed by atoms with E-state index in [0.717, 1.165) is 0 Å². The highest BCUT2D eigenvalue weighted by Crippen LogP contribution is 2.27. The summed E-state index contributed by atoms with van der Waals surface area (Å²) in [7, 11) is 0. The van der Waals surface area contributed by atoms with E-state index in [0.29, 0.717) is 15.6 Å². The number of nitrogens with one attached hydrogen (secondary N) is 1. The maximum atomic E-state index is 12.4. The van der Waals surface area contributed by atoms with Crippen LogP contribution in [0.1, 0.15) is 25.3 Å². The molecule has 1 aliphatic heterocycles. The van der Waals surface area contributed by atoms with E-state index in [4.69, 9.17) is 28.3 Å². The van der Waals surface area contributed by atoms with Crippen molar-refractivity contribution in [3.05, 3.63) is 33.8 Å². The Hall–Kier alpha value is -1.83. The fraction of sp³-hybridized carbons (Fsp3) is 0.471. The third kappa shape index (κ3) is 4.47. The second kappa shape index (κ2) is 8.24. The normalized spacial score (nSPS) is 18.1. The van der Waals surface area contributed by atoms with Crippen LogP contribution in [0.3, 0.4) is 0 Å². The average molecular weight is 403 g/mol. The maximum Gasteiger partial charge on any atom is 0.329 e. The largest absolute Gasteiger partial charge is 0.480 e. The number of carboxylic acid groups (broad SMARTS) is 2. The predicted molar refractivity (Wildman–Crippen MR) is 96.6 cm³/mol. The summed E-state index contributed by atoms with van der Waals surface area (Å²) in [5.74, 6) is -2.61. The van der Waals surface area contributed by atoms with Crippen LogP contribution in [0.15, 0.2) is 18.2 Å². The molecule has 7 nitrogen and oxygen atoms in total. The Kier molecular flexibility index (Phi) is 6.49. The Morgan fingerprint density at radius 2 is 1.73 bits per heavy atom. The summed E-state index contributed by atoms with van der Waals surface area (Å²) in [4.78, 5) is 37.0. The van der Waals surface area contributed by atoms with Crippen LogP contribution in [0.5, 0.6) is 0 Å². The van der Waals surface area contributed by atoms with E-state index in [1.165, 1.54) is 0 Å². The zero-order valence-corrected chi connectivity index (χ0v) is 15.7. The first-order valence-corrected chi connectivity index (χ1v) is 8.86. The van der Waals surface area contributed by atoms with Gasteiger partial charge in [0.15, 0.2) is 0 Å². The molecular formula is C17H20Cl2N2O5. The number of carbonyl (C=O) groups excluding carboxylic acids is 1. The molecule has 1 aromatic carbocycles. The van der Waals surface area contributed by atoms with Gasteiger partial charge in [-0.3, -0.25) is 14.5 Å². The van der Waals surface area contributed by atoms with Crippen LogP contribution < -0.4 is 5.32 Å². The number of carbonyl (C=O) groups is 3. The van der Waals surface area contributed by atoms with Crippen molar-refractivity contribution in [2.24, 2.45) is 0 Å². The van der Waals surface area contributed by atoms with E-state index in [9.17, 15) is 19.5 Å². The lowest BCUT2D eigenvalue weighted by Gasteiger charge is -2.40. The standard InChI is InChI=1S/C17H20Cl2N2O5/c1-10(15(23)24)21-7-5-17(6-8-21,16(25)26)20-14(22)9-11-12(18)3-2-4-13(11)19/h2-4,10H,5-9H2,1H3,(H,20,22)(H,23,24)(H,25,26). The van der Waals surface area contributed by atoms with Crippen LogP contribution in [0.2, 0.25) is 10.0 Å². The van der Waals surface area contributed by atoms with Crippen LogP contribution >= 0.6 is 23.2 Å². The molecule has 1 atom stereocenters. The zero-order chi connectivity index (χ0) is 19.5. The number of amides is 1. The summed E-state index contributed by atoms with van der Waals surface area (Å²) in [6.45, 7) is 2.06. The second-order valence-electron chi connectivity index (χ2n) is 6.36. The van der Waals surface area contributed by atoms with Crippen molar-refractivity contribution in [2.45, 2.75) is 37.8 Å². The number of nitrogens with zero attached hydrogens (tertiary/aromatic N) is 1. The first kappa shape index (κ1) is 20.5. The number of piperidine rings is 1. The Labute approximate surface area is 160 Å². The zero-order valence-electron chi connectivity index (χ0n) is 14.2. The number of likely N-dealkylation sites (tertiary alicyclic amines) is 1. The van der Waals surface area contributed by atoms with Crippen molar-refractivity contribution in [1.29, 1.82) is 0 Å². The molecule has 0 bridgehead atoms. The van der Waals surface area contributed by atoms with Gasteiger partial charge in [0.1, 0.15) is 11.6 Å². The summed E-state index contributed by atoms with van der Waals surface area (Å²) >= 11 is 12.1. The lowest BCUT2D eigenvalue weighted by atomic mass is 9.86. The summed E-state index contributed by atoms with van der Waals surface area (Å²) in [6, 6.07) is 4.16. The van der Waals surface area contributed by atoms with Gasteiger partial charge in [0.25, 0.3) is 0 Å². The topological polar surface area (TPSA) is 107 Å². The molecule has 1 unspecified atom stereocenters. The van der Waals surface area contributed by atoms with E-state index in [2.05, 4.69) is 5.32 Å². The maximum absolute atomic E-state index is 12.4. The fourth-order valence-corrected chi connectivity index (χ4v) is 3.55. The molecule has 1 aliphatic rings. The average Bonchev–Trinajstić information content (AvgIpc) is 2.58. The Balaban J connectivity index is 2.08. The number of carboxylic acids is 2. The number of hydrogen-bond donors (Lipinski definition) is 3. The number of halogens is 2. The summed E-state index contributed by atoms with van der Waals surface area (Å²) in [5, 5.41) is 22.0. The fourth-order valence-electron chi connectivity index (χ4n) is 3.01. The quantitative estimate of drug-likeness (QED) is 0.671. The number of aliphatic carboxylic acids is 2. The molecule has 9 heteroatoms. The molecule has 0 aliphatic carbocycles. The summed E-state index contributed by atoms with van der Waals surface area (Å²) in [5.41, 5.74) is -0.995. The van der Waals surface area contributed by atoms with Crippen LogP contribution in [0.25, 0.3) is 0 Å². The molecule has 0 spiro atoms. The molecule has 0 aromatic heterocycles. The molecule has 2 rings (SSSR count). The third-order valence-corrected chi connectivity index (χ3v) is 5.45. The van der Waals surface area contributed by atoms with Crippen LogP contribution in [0, 0.1) is 0 Å². The molecule has 1 amide bonds. The molecule has 1 saturated heterocycles. The third-order valence-electron chi connectivity index (χ3n) is 4.74. The minimum Gasteiger partial charge on any atom is -0.480 e. The van der Waals surface area contributed by atoms with Gasteiger partial charge >= 0.3 is 11.9 Å². The Bertz CT molecular complexity index is 697. The van der Waals surface area contributed by atoms with Gasteiger partial charge in [-0.1, -0.05) is 29.3 Å². The molecule has 0 saturated carbocycles. The van der Waals surface area contributed by atoms with Crippen molar-refractivity contribution in [1.82, 2.24) is 10.2 Å². The van der Waals surface area contributed by atoms with E-state index >= 15 is 0 Å². The van der Waals surface area contributed by atoms with E-state index in [-0.39, 0.29) is 32.4 Å². The van der Waals surface area contributed by atoms with Gasteiger partial charge in [-0.2, -0.15) is 0 Å². The van der Waals surface area contributed by atoms with Gasteiger partial charge in [-0.05, 0) is 37.5 Å². The number of rotatable bonds is 6. The summed E-state index contributed by atoms with van der Waals surface area (Å²) in [6.07, 6.45) is 0.0900. The molecule has 1 fully saturated rings. The highest BCUT2D eigenvalue weighted by Gasteiger charge is 2.44. The summed E-state index contributed by atoms with van der Waals surface area (Å²) < 4.78 is 0. The van der Waals surface area contributed by atoms with Gasteiger partial charge in [0.05, 0.1) is 6.42 Å². The van der Waals surface area contributed by atoms with Crippen molar-refractivity contribution in [2.75, 3.05) is 13.1 Å². The van der Waals surface area contributed by atoms with E-state index in [1.807, 2.05) is 0 Å². The molecular weight excluding hydrogens is 383 g/mol. The monoisotopic (exact) mass is 402 g/mol. The number of hydrogen-bond acceptors (Lipinski definition) is 4.